The Balaban J connectivity index is 2.00. The van der Waals surface area contributed by atoms with Crippen molar-refractivity contribution in [2.24, 2.45) is 0 Å². The summed E-state index contributed by atoms with van der Waals surface area (Å²) in [5.41, 5.74) is 1.55. The number of anilines is 2. The minimum atomic E-state index is 0.635. The summed E-state index contributed by atoms with van der Waals surface area (Å²) in [4.78, 5) is 0. The van der Waals surface area contributed by atoms with Crippen LogP contribution >= 0.6 is 11.6 Å². The van der Waals surface area contributed by atoms with Crippen molar-refractivity contribution in [3.05, 3.63) is 47.5 Å². The number of nitrogens with zero attached hydrogens (tertiary/aromatic N) is 1. The Hall–Kier alpha value is -2.20. The van der Waals surface area contributed by atoms with E-state index in [4.69, 9.17) is 20.9 Å². The highest BCUT2D eigenvalue weighted by Gasteiger charge is 2.09. The van der Waals surface area contributed by atoms with Crippen LogP contribution in [0.15, 0.2) is 47.0 Å². The van der Waals surface area contributed by atoms with Crippen molar-refractivity contribution < 1.29 is 9.26 Å². The third-order valence-corrected chi connectivity index (χ3v) is 3.00. The molecular weight excluding hydrogens is 264 g/mol. The summed E-state index contributed by atoms with van der Waals surface area (Å²) in [5, 5.41) is 8.71. The fourth-order valence-electron chi connectivity index (χ4n) is 1.84. The highest BCUT2D eigenvalue weighted by molar-refractivity contribution is 6.30. The third kappa shape index (κ3) is 2.35. The van der Waals surface area contributed by atoms with Crippen LogP contribution < -0.4 is 10.1 Å². The van der Waals surface area contributed by atoms with Gasteiger partial charge in [0.2, 0.25) is 0 Å². The quantitative estimate of drug-likeness (QED) is 0.776. The molecule has 3 aromatic rings. The van der Waals surface area contributed by atoms with Crippen LogP contribution in [0.2, 0.25) is 5.02 Å². The van der Waals surface area contributed by atoms with Crippen LogP contribution in [-0.2, 0) is 0 Å². The van der Waals surface area contributed by atoms with Gasteiger partial charge in [0.05, 0.1) is 12.5 Å². The number of benzene rings is 2. The predicted molar refractivity (Wildman–Crippen MR) is 75.3 cm³/mol. The number of hydrogen-bond acceptors (Lipinski definition) is 4. The van der Waals surface area contributed by atoms with Crippen LogP contribution in [0.1, 0.15) is 0 Å². The first-order chi connectivity index (χ1) is 9.26. The van der Waals surface area contributed by atoms with Gasteiger partial charge >= 0.3 is 0 Å². The largest absolute Gasteiger partial charge is 0.497 e. The summed E-state index contributed by atoms with van der Waals surface area (Å²) in [6, 6.07) is 12.9. The van der Waals surface area contributed by atoms with Gasteiger partial charge in [0.25, 0.3) is 0 Å². The molecule has 0 amide bonds. The summed E-state index contributed by atoms with van der Waals surface area (Å²) in [5.74, 6) is 1.39. The van der Waals surface area contributed by atoms with Crippen LogP contribution in [0.4, 0.5) is 11.5 Å². The van der Waals surface area contributed by atoms with Crippen molar-refractivity contribution >= 4 is 34.1 Å². The van der Waals surface area contributed by atoms with E-state index in [0.29, 0.717) is 16.4 Å². The van der Waals surface area contributed by atoms with Crippen molar-refractivity contribution in [1.82, 2.24) is 5.16 Å². The van der Waals surface area contributed by atoms with Gasteiger partial charge in [-0.1, -0.05) is 22.8 Å². The first kappa shape index (κ1) is 11.9. The number of methoxy groups -OCH3 is 1. The Morgan fingerprint density at radius 1 is 1.21 bits per heavy atom. The molecule has 0 aliphatic carbocycles. The Labute approximate surface area is 114 Å². The van der Waals surface area contributed by atoms with E-state index in [1.165, 1.54) is 0 Å². The fourth-order valence-corrected chi connectivity index (χ4v) is 2.03. The summed E-state index contributed by atoms with van der Waals surface area (Å²) in [6.07, 6.45) is 0. The Morgan fingerprint density at radius 3 is 2.89 bits per heavy atom. The molecule has 0 saturated heterocycles. The molecule has 3 rings (SSSR count). The van der Waals surface area contributed by atoms with Crippen molar-refractivity contribution in [2.75, 3.05) is 12.4 Å². The number of hydrogen-bond donors (Lipinski definition) is 1. The second-order valence-electron chi connectivity index (χ2n) is 4.03. The number of ether oxygens (including phenoxy) is 1. The van der Waals surface area contributed by atoms with Crippen LogP contribution in [0, 0.1) is 0 Å². The number of halogens is 1. The first-order valence-corrected chi connectivity index (χ1v) is 6.10. The predicted octanol–water partition coefficient (Wildman–Crippen LogP) is 4.23. The molecule has 0 saturated carbocycles. The maximum absolute atomic E-state index is 5.95. The molecule has 1 N–H and O–H groups in total. The zero-order valence-electron chi connectivity index (χ0n) is 10.2. The zero-order chi connectivity index (χ0) is 13.2. The summed E-state index contributed by atoms with van der Waals surface area (Å²) in [6.45, 7) is 0. The molecule has 1 aromatic heterocycles. The van der Waals surface area contributed by atoms with E-state index in [1.807, 2.05) is 42.5 Å². The highest BCUT2D eigenvalue weighted by atomic mass is 35.5. The van der Waals surface area contributed by atoms with Crippen LogP contribution in [-0.4, -0.2) is 12.3 Å². The molecule has 0 radical (unpaired) electrons. The molecule has 0 spiro atoms. The van der Waals surface area contributed by atoms with Crippen LogP contribution in [0.5, 0.6) is 5.75 Å². The molecule has 0 unspecified atom stereocenters. The molecule has 96 valence electrons. The minimum Gasteiger partial charge on any atom is -0.497 e. The highest BCUT2D eigenvalue weighted by Crippen LogP contribution is 2.29. The molecule has 0 aliphatic heterocycles. The maximum Gasteiger partial charge on any atom is 0.181 e. The van der Waals surface area contributed by atoms with E-state index in [-0.39, 0.29) is 0 Å². The van der Waals surface area contributed by atoms with E-state index in [0.717, 1.165) is 16.8 Å². The lowest BCUT2D eigenvalue weighted by atomic mass is 10.2. The van der Waals surface area contributed by atoms with Crippen molar-refractivity contribution in [3.8, 4) is 5.75 Å². The van der Waals surface area contributed by atoms with Gasteiger partial charge in [-0.2, -0.15) is 0 Å². The van der Waals surface area contributed by atoms with E-state index >= 15 is 0 Å². The van der Waals surface area contributed by atoms with Gasteiger partial charge in [0.15, 0.2) is 11.4 Å². The van der Waals surface area contributed by atoms with Crippen LogP contribution in [0.3, 0.4) is 0 Å². The van der Waals surface area contributed by atoms with Gasteiger partial charge in [-0.05, 0) is 36.4 Å². The SMILES string of the molecule is COc1ccc2onc(Nc3cccc(Cl)c3)c2c1. The molecule has 1 heterocycles. The number of fused-ring (bicyclic) bond motifs is 1. The van der Waals surface area contributed by atoms with E-state index in [1.54, 1.807) is 7.11 Å². The number of nitrogens with one attached hydrogen (secondary N) is 1. The second kappa shape index (κ2) is 4.82. The summed E-state index contributed by atoms with van der Waals surface area (Å²) in [7, 11) is 1.62. The first-order valence-electron chi connectivity index (χ1n) is 5.72. The van der Waals surface area contributed by atoms with Gasteiger partial charge in [-0.25, -0.2) is 0 Å². The molecular formula is C14H11ClN2O2. The fraction of sp³-hybridized carbons (Fsp3) is 0.0714. The lowest BCUT2D eigenvalue weighted by molar-refractivity contribution is 0.415. The standard InChI is InChI=1S/C14H11ClN2O2/c1-18-11-5-6-13-12(8-11)14(17-19-13)16-10-4-2-3-9(15)7-10/h2-8H,1H3,(H,16,17). The third-order valence-electron chi connectivity index (χ3n) is 2.76. The zero-order valence-corrected chi connectivity index (χ0v) is 10.9. The molecule has 2 aromatic carbocycles. The molecule has 19 heavy (non-hydrogen) atoms. The van der Waals surface area contributed by atoms with E-state index < -0.39 is 0 Å². The molecule has 0 atom stereocenters. The van der Waals surface area contributed by atoms with Gasteiger partial charge in [-0.15, -0.1) is 0 Å². The van der Waals surface area contributed by atoms with Crippen molar-refractivity contribution in [3.63, 3.8) is 0 Å². The molecule has 4 nitrogen and oxygen atoms in total. The molecule has 0 bridgehead atoms. The lowest BCUT2D eigenvalue weighted by Gasteiger charge is -2.03. The number of rotatable bonds is 3. The summed E-state index contributed by atoms with van der Waals surface area (Å²) < 4.78 is 10.4. The second-order valence-corrected chi connectivity index (χ2v) is 4.47. The Kier molecular flexibility index (Phi) is 3.01. The van der Waals surface area contributed by atoms with Gasteiger partial charge in [0.1, 0.15) is 5.75 Å². The van der Waals surface area contributed by atoms with Crippen molar-refractivity contribution in [2.45, 2.75) is 0 Å². The maximum atomic E-state index is 5.95. The number of aromatic nitrogens is 1. The molecule has 0 fully saturated rings. The van der Waals surface area contributed by atoms with E-state index in [9.17, 15) is 0 Å². The average Bonchev–Trinajstić information content (AvgIpc) is 2.81. The monoisotopic (exact) mass is 274 g/mol. The van der Waals surface area contributed by atoms with Gasteiger partial charge < -0.3 is 14.6 Å². The average molecular weight is 275 g/mol. The van der Waals surface area contributed by atoms with E-state index in [2.05, 4.69) is 10.5 Å². The lowest BCUT2D eigenvalue weighted by Crippen LogP contribution is -1.90. The van der Waals surface area contributed by atoms with Crippen molar-refractivity contribution in [1.29, 1.82) is 0 Å². The molecule has 5 heteroatoms. The Morgan fingerprint density at radius 2 is 2.11 bits per heavy atom. The van der Waals surface area contributed by atoms with Crippen LogP contribution in [0.25, 0.3) is 11.0 Å². The van der Waals surface area contributed by atoms with Gasteiger partial charge in [0, 0.05) is 10.7 Å². The topological polar surface area (TPSA) is 47.3 Å². The molecule has 0 aliphatic rings. The normalized spacial score (nSPS) is 10.6. The Bertz CT molecular complexity index is 724. The minimum absolute atomic E-state index is 0.635. The van der Waals surface area contributed by atoms with Gasteiger partial charge in [-0.3, -0.25) is 0 Å². The summed E-state index contributed by atoms with van der Waals surface area (Å²) >= 11 is 5.95. The smallest absolute Gasteiger partial charge is 0.181 e.